The van der Waals surface area contributed by atoms with Crippen molar-refractivity contribution in [2.75, 3.05) is 27.2 Å². The summed E-state index contributed by atoms with van der Waals surface area (Å²) in [5.74, 6) is 0.842. The van der Waals surface area contributed by atoms with Gasteiger partial charge in [-0.1, -0.05) is 0 Å². The van der Waals surface area contributed by atoms with E-state index in [0.717, 1.165) is 5.76 Å². The molecule has 0 spiro atoms. The first-order chi connectivity index (χ1) is 8.13. The first-order valence-electron chi connectivity index (χ1n) is 5.45. The van der Waals surface area contributed by atoms with Crippen LogP contribution in [0.4, 0.5) is 0 Å². The van der Waals surface area contributed by atoms with Gasteiger partial charge in [-0.15, -0.1) is 0 Å². The molecule has 0 N–H and O–H groups in total. The summed E-state index contributed by atoms with van der Waals surface area (Å²) in [5, 5.41) is 8.44. The smallest absolute Gasteiger partial charge is 0.236 e. The summed E-state index contributed by atoms with van der Waals surface area (Å²) in [4.78, 5) is 15.2. The topological polar surface area (TPSA) is 60.5 Å². The van der Waals surface area contributed by atoms with E-state index in [1.54, 1.807) is 18.2 Å². The van der Waals surface area contributed by atoms with Gasteiger partial charge >= 0.3 is 0 Å². The molecular weight excluding hydrogens is 218 g/mol. The van der Waals surface area contributed by atoms with Crippen molar-refractivity contribution in [1.82, 2.24) is 9.80 Å². The van der Waals surface area contributed by atoms with Crippen LogP contribution < -0.4 is 0 Å². The molecule has 5 heteroatoms. The fourth-order valence-electron chi connectivity index (χ4n) is 1.42. The van der Waals surface area contributed by atoms with Gasteiger partial charge in [-0.2, -0.15) is 5.26 Å². The second-order valence-electron chi connectivity index (χ2n) is 3.98. The predicted molar refractivity (Wildman–Crippen MR) is 62.9 cm³/mol. The minimum absolute atomic E-state index is 0.00862. The first kappa shape index (κ1) is 13.3. The minimum Gasteiger partial charge on any atom is -0.468 e. The number of nitrogens with zero attached hydrogens (tertiary/aromatic N) is 3. The van der Waals surface area contributed by atoms with Gasteiger partial charge in [-0.25, -0.2) is 0 Å². The quantitative estimate of drug-likeness (QED) is 0.740. The van der Waals surface area contributed by atoms with E-state index in [-0.39, 0.29) is 5.91 Å². The Hall–Kier alpha value is -1.80. The Kier molecular flexibility index (Phi) is 5.24. The van der Waals surface area contributed by atoms with E-state index in [2.05, 4.69) is 0 Å². The van der Waals surface area contributed by atoms with Gasteiger partial charge in [0.25, 0.3) is 0 Å². The highest BCUT2D eigenvalue weighted by molar-refractivity contribution is 5.77. The SMILES string of the molecule is CN(CC(=O)N(C)CCC#N)Cc1ccco1. The summed E-state index contributed by atoms with van der Waals surface area (Å²) in [6.45, 7) is 1.40. The molecule has 0 saturated heterocycles. The highest BCUT2D eigenvalue weighted by Crippen LogP contribution is 2.03. The van der Waals surface area contributed by atoms with Crippen LogP contribution in [0.1, 0.15) is 12.2 Å². The molecule has 5 nitrogen and oxygen atoms in total. The molecular formula is C12H17N3O2. The molecule has 0 unspecified atom stereocenters. The molecule has 17 heavy (non-hydrogen) atoms. The number of carbonyl (C=O) groups is 1. The maximum absolute atomic E-state index is 11.7. The van der Waals surface area contributed by atoms with Gasteiger partial charge in [0.1, 0.15) is 5.76 Å². The average Bonchev–Trinajstić information content (AvgIpc) is 2.78. The molecule has 0 aliphatic carbocycles. The van der Waals surface area contributed by atoms with Crippen molar-refractivity contribution >= 4 is 5.91 Å². The minimum atomic E-state index is 0.00862. The fourth-order valence-corrected chi connectivity index (χ4v) is 1.42. The maximum Gasteiger partial charge on any atom is 0.236 e. The number of furan rings is 1. The number of carbonyl (C=O) groups excluding carboxylic acids is 1. The van der Waals surface area contributed by atoms with Gasteiger partial charge in [-0.3, -0.25) is 9.69 Å². The Morgan fingerprint density at radius 2 is 2.29 bits per heavy atom. The Morgan fingerprint density at radius 1 is 1.53 bits per heavy atom. The van der Waals surface area contributed by atoms with Crippen molar-refractivity contribution in [2.24, 2.45) is 0 Å². The van der Waals surface area contributed by atoms with E-state index in [1.165, 1.54) is 0 Å². The molecule has 0 radical (unpaired) electrons. The molecule has 1 aromatic heterocycles. The second-order valence-corrected chi connectivity index (χ2v) is 3.98. The van der Waals surface area contributed by atoms with Crippen molar-refractivity contribution in [2.45, 2.75) is 13.0 Å². The van der Waals surface area contributed by atoms with E-state index < -0.39 is 0 Å². The summed E-state index contributed by atoms with van der Waals surface area (Å²) in [6, 6.07) is 5.72. The molecule has 0 fully saturated rings. The third kappa shape index (κ3) is 4.70. The molecule has 0 saturated carbocycles. The van der Waals surface area contributed by atoms with Gasteiger partial charge < -0.3 is 9.32 Å². The number of rotatable bonds is 6. The molecule has 0 aliphatic heterocycles. The van der Waals surface area contributed by atoms with Crippen LogP contribution in [0.3, 0.4) is 0 Å². The Balaban J connectivity index is 2.33. The standard InChI is InChI=1S/C12H17N3O2/c1-14(9-11-5-3-8-17-11)10-12(16)15(2)7-4-6-13/h3,5,8H,4,7,9-10H2,1-2H3. The van der Waals surface area contributed by atoms with Crippen molar-refractivity contribution in [3.63, 3.8) is 0 Å². The molecule has 0 aromatic carbocycles. The van der Waals surface area contributed by atoms with Crippen LogP contribution in [0.5, 0.6) is 0 Å². The van der Waals surface area contributed by atoms with Crippen LogP contribution in [0.25, 0.3) is 0 Å². The van der Waals surface area contributed by atoms with Crippen molar-refractivity contribution in [3.05, 3.63) is 24.2 Å². The van der Waals surface area contributed by atoms with Gasteiger partial charge in [-0.05, 0) is 19.2 Å². The zero-order chi connectivity index (χ0) is 12.7. The van der Waals surface area contributed by atoms with E-state index >= 15 is 0 Å². The summed E-state index contributed by atoms with van der Waals surface area (Å²) in [5.41, 5.74) is 0. The van der Waals surface area contributed by atoms with Gasteiger partial charge in [0, 0.05) is 13.6 Å². The van der Waals surface area contributed by atoms with Crippen LogP contribution in [-0.2, 0) is 11.3 Å². The highest BCUT2D eigenvalue weighted by Gasteiger charge is 2.12. The molecule has 0 bridgehead atoms. The van der Waals surface area contributed by atoms with Crippen LogP contribution >= 0.6 is 0 Å². The lowest BCUT2D eigenvalue weighted by Gasteiger charge is -2.20. The maximum atomic E-state index is 11.7. The van der Waals surface area contributed by atoms with E-state index in [4.69, 9.17) is 9.68 Å². The lowest BCUT2D eigenvalue weighted by atomic mass is 10.3. The lowest BCUT2D eigenvalue weighted by Crippen LogP contribution is -2.36. The van der Waals surface area contributed by atoms with Crippen LogP contribution in [-0.4, -0.2) is 42.9 Å². The summed E-state index contributed by atoms with van der Waals surface area (Å²) >= 11 is 0. The molecule has 1 amide bonds. The molecule has 1 aromatic rings. The normalized spacial score (nSPS) is 10.2. The Bertz CT molecular complexity index is 381. The average molecular weight is 235 g/mol. The number of likely N-dealkylation sites (N-methyl/N-ethyl adjacent to an activating group) is 2. The highest BCUT2D eigenvalue weighted by atomic mass is 16.3. The largest absolute Gasteiger partial charge is 0.468 e. The Morgan fingerprint density at radius 3 is 2.88 bits per heavy atom. The molecule has 92 valence electrons. The van der Waals surface area contributed by atoms with Crippen LogP contribution in [0, 0.1) is 11.3 Å². The van der Waals surface area contributed by atoms with Gasteiger partial charge in [0.15, 0.2) is 0 Å². The van der Waals surface area contributed by atoms with E-state index in [9.17, 15) is 4.79 Å². The predicted octanol–water partition coefficient (Wildman–Crippen LogP) is 1.08. The monoisotopic (exact) mass is 235 g/mol. The van der Waals surface area contributed by atoms with Crippen molar-refractivity contribution in [1.29, 1.82) is 5.26 Å². The lowest BCUT2D eigenvalue weighted by molar-refractivity contribution is -0.130. The molecule has 1 heterocycles. The van der Waals surface area contributed by atoms with E-state index in [1.807, 2.05) is 30.1 Å². The number of hydrogen-bond donors (Lipinski definition) is 0. The van der Waals surface area contributed by atoms with Crippen molar-refractivity contribution < 1.29 is 9.21 Å². The number of nitriles is 1. The summed E-state index contributed by atoms with van der Waals surface area (Å²) in [7, 11) is 3.57. The molecule has 0 aliphatic rings. The molecule has 1 rings (SSSR count). The first-order valence-corrected chi connectivity index (χ1v) is 5.45. The number of hydrogen-bond acceptors (Lipinski definition) is 4. The van der Waals surface area contributed by atoms with Gasteiger partial charge in [0.2, 0.25) is 5.91 Å². The zero-order valence-corrected chi connectivity index (χ0v) is 10.2. The van der Waals surface area contributed by atoms with E-state index in [0.29, 0.717) is 26.1 Å². The Labute approximate surface area is 101 Å². The third-order valence-electron chi connectivity index (χ3n) is 2.40. The summed E-state index contributed by atoms with van der Waals surface area (Å²) in [6.07, 6.45) is 1.98. The summed E-state index contributed by atoms with van der Waals surface area (Å²) < 4.78 is 5.20. The van der Waals surface area contributed by atoms with Gasteiger partial charge in [0.05, 0.1) is 31.8 Å². The fraction of sp³-hybridized carbons (Fsp3) is 0.500. The number of amides is 1. The van der Waals surface area contributed by atoms with Crippen LogP contribution in [0.15, 0.2) is 22.8 Å². The third-order valence-corrected chi connectivity index (χ3v) is 2.40. The molecule has 0 atom stereocenters. The zero-order valence-electron chi connectivity index (χ0n) is 10.2. The second kappa shape index (κ2) is 6.71. The van der Waals surface area contributed by atoms with Crippen LogP contribution in [0.2, 0.25) is 0 Å². The van der Waals surface area contributed by atoms with Crippen molar-refractivity contribution in [3.8, 4) is 6.07 Å².